The van der Waals surface area contributed by atoms with Gasteiger partial charge in [-0.05, 0) is 48.4 Å². The molecule has 2 amide bonds. The van der Waals surface area contributed by atoms with Crippen molar-refractivity contribution in [3.05, 3.63) is 71.6 Å². The Balaban J connectivity index is 1.25. The zero-order valence-corrected chi connectivity index (χ0v) is 17.1. The monoisotopic (exact) mass is 426 g/mol. The van der Waals surface area contributed by atoms with Crippen LogP contribution in [0.5, 0.6) is 11.5 Å². The summed E-state index contributed by atoms with van der Waals surface area (Å²) in [6.45, 7) is 1.68. The van der Waals surface area contributed by atoms with Gasteiger partial charge in [0.25, 0.3) is 5.89 Å². The number of methoxy groups -OCH3 is 1. The van der Waals surface area contributed by atoms with E-state index in [-0.39, 0.29) is 24.4 Å². The van der Waals surface area contributed by atoms with E-state index in [1.54, 1.807) is 12.0 Å². The van der Waals surface area contributed by atoms with Gasteiger partial charge in [0.2, 0.25) is 0 Å². The summed E-state index contributed by atoms with van der Waals surface area (Å²) in [4.78, 5) is 18.6. The highest BCUT2D eigenvalue weighted by atomic mass is 19.1. The number of hydrogen-bond donors (Lipinski definition) is 1. The molecule has 8 nitrogen and oxygen atoms in total. The van der Waals surface area contributed by atoms with Gasteiger partial charge in [-0.15, -0.1) is 0 Å². The highest BCUT2D eigenvalue weighted by Crippen LogP contribution is 2.25. The predicted molar refractivity (Wildman–Crippen MR) is 109 cm³/mol. The van der Waals surface area contributed by atoms with Crippen LogP contribution >= 0.6 is 0 Å². The second-order valence-electron chi connectivity index (χ2n) is 7.23. The molecule has 0 spiro atoms. The Bertz CT molecular complexity index is 1010. The molecule has 1 aliphatic heterocycles. The summed E-state index contributed by atoms with van der Waals surface area (Å²) in [6.07, 6.45) is 0.758. The molecule has 1 aromatic heterocycles. The number of nitrogens with zero attached hydrogens (tertiary/aromatic N) is 3. The summed E-state index contributed by atoms with van der Waals surface area (Å²) in [5.41, 5.74) is 0.994. The summed E-state index contributed by atoms with van der Waals surface area (Å²) >= 11 is 0. The number of nitrogens with one attached hydrogen (secondary N) is 1. The maximum atomic E-state index is 12.9. The van der Waals surface area contributed by atoms with E-state index < -0.39 is 0 Å². The molecule has 162 valence electrons. The number of carbonyl (C=O) groups excluding carboxylic acids is 1. The van der Waals surface area contributed by atoms with Crippen molar-refractivity contribution in [2.75, 3.05) is 20.2 Å². The van der Waals surface area contributed by atoms with Crippen molar-refractivity contribution in [3.63, 3.8) is 0 Å². The van der Waals surface area contributed by atoms with Crippen LogP contribution in [-0.4, -0.2) is 41.3 Å². The van der Waals surface area contributed by atoms with E-state index in [4.69, 9.17) is 14.0 Å². The molecule has 1 atom stereocenters. The van der Waals surface area contributed by atoms with Crippen molar-refractivity contribution < 1.29 is 23.2 Å². The Kier molecular flexibility index (Phi) is 6.30. The van der Waals surface area contributed by atoms with Crippen molar-refractivity contribution in [2.45, 2.75) is 25.5 Å². The molecule has 0 aliphatic carbocycles. The first-order valence-electron chi connectivity index (χ1n) is 9.97. The zero-order valence-electron chi connectivity index (χ0n) is 17.1. The van der Waals surface area contributed by atoms with Crippen LogP contribution in [0.25, 0.3) is 0 Å². The number of amides is 2. The van der Waals surface area contributed by atoms with E-state index in [0.29, 0.717) is 37.1 Å². The number of rotatable bonds is 7. The minimum atomic E-state index is -0.328. The molecular formula is C22H23FN4O4. The van der Waals surface area contributed by atoms with Gasteiger partial charge in [0.1, 0.15) is 17.3 Å². The van der Waals surface area contributed by atoms with Crippen LogP contribution in [0.1, 0.15) is 29.6 Å². The molecule has 9 heteroatoms. The van der Waals surface area contributed by atoms with Gasteiger partial charge in [-0.2, -0.15) is 4.98 Å². The van der Waals surface area contributed by atoms with Gasteiger partial charge in [0, 0.05) is 25.6 Å². The van der Waals surface area contributed by atoms with Crippen molar-refractivity contribution in [3.8, 4) is 11.5 Å². The molecule has 4 rings (SSSR count). The number of aromatic nitrogens is 2. The van der Waals surface area contributed by atoms with Gasteiger partial charge in [-0.25, -0.2) is 9.18 Å². The topological polar surface area (TPSA) is 89.7 Å². The first-order valence-corrected chi connectivity index (χ1v) is 9.97. The average molecular weight is 426 g/mol. The first kappa shape index (κ1) is 20.6. The lowest BCUT2D eigenvalue weighted by atomic mass is 10.1. The molecule has 2 aromatic carbocycles. The van der Waals surface area contributed by atoms with E-state index in [1.807, 2.05) is 24.3 Å². The summed E-state index contributed by atoms with van der Waals surface area (Å²) in [5, 5.41) is 6.97. The summed E-state index contributed by atoms with van der Waals surface area (Å²) in [5.74, 6) is 1.87. The summed E-state index contributed by atoms with van der Waals surface area (Å²) < 4.78 is 28.9. The van der Waals surface area contributed by atoms with Crippen LogP contribution in [0, 0.1) is 5.82 Å². The Morgan fingerprint density at radius 3 is 2.68 bits per heavy atom. The van der Waals surface area contributed by atoms with Crippen LogP contribution in [0.15, 0.2) is 53.1 Å². The Morgan fingerprint density at radius 1 is 1.19 bits per heavy atom. The fourth-order valence-electron chi connectivity index (χ4n) is 3.36. The minimum absolute atomic E-state index is 0.00931. The van der Waals surface area contributed by atoms with Crippen molar-refractivity contribution >= 4 is 6.03 Å². The highest BCUT2D eigenvalue weighted by Gasteiger charge is 2.30. The second kappa shape index (κ2) is 9.46. The van der Waals surface area contributed by atoms with Crippen molar-refractivity contribution in [2.24, 2.45) is 0 Å². The molecular weight excluding hydrogens is 403 g/mol. The quantitative estimate of drug-likeness (QED) is 0.622. The maximum Gasteiger partial charge on any atom is 0.317 e. The smallest absolute Gasteiger partial charge is 0.317 e. The molecule has 1 fully saturated rings. The third-order valence-electron chi connectivity index (χ3n) is 5.10. The number of hydrogen-bond acceptors (Lipinski definition) is 6. The van der Waals surface area contributed by atoms with Crippen molar-refractivity contribution in [1.29, 1.82) is 0 Å². The van der Waals surface area contributed by atoms with Gasteiger partial charge in [-0.3, -0.25) is 0 Å². The molecule has 1 unspecified atom stereocenters. The molecule has 1 aliphatic rings. The van der Waals surface area contributed by atoms with E-state index in [9.17, 15) is 9.18 Å². The summed E-state index contributed by atoms with van der Waals surface area (Å²) in [6, 6.07) is 13.1. The number of carbonyl (C=O) groups is 1. The Labute approximate surface area is 179 Å². The second-order valence-corrected chi connectivity index (χ2v) is 7.23. The van der Waals surface area contributed by atoms with Crippen LogP contribution < -0.4 is 14.8 Å². The third kappa shape index (κ3) is 5.30. The van der Waals surface area contributed by atoms with E-state index in [1.165, 1.54) is 24.3 Å². The van der Waals surface area contributed by atoms with Crippen LogP contribution in [-0.2, 0) is 13.2 Å². The molecule has 0 saturated carbocycles. The molecule has 0 radical (unpaired) electrons. The minimum Gasteiger partial charge on any atom is -0.497 e. The first-order chi connectivity index (χ1) is 15.1. The number of ether oxygens (including phenoxy) is 2. The lowest BCUT2D eigenvalue weighted by Gasteiger charge is -2.17. The lowest BCUT2D eigenvalue weighted by Crippen LogP contribution is -2.38. The highest BCUT2D eigenvalue weighted by molar-refractivity contribution is 5.74. The largest absolute Gasteiger partial charge is 0.497 e. The fraction of sp³-hybridized carbons (Fsp3) is 0.318. The van der Waals surface area contributed by atoms with Gasteiger partial charge in [0.15, 0.2) is 12.4 Å². The van der Waals surface area contributed by atoms with Crippen LogP contribution in [0.4, 0.5) is 9.18 Å². The number of urea groups is 1. The SMILES string of the molecule is COc1ccc(CNC(=O)N2CCC(c3noc(COc4ccc(F)cc4)n3)C2)cc1. The Morgan fingerprint density at radius 2 is 1.94 bits per heavy atom. The average Bonchev–Trinajstić information content (AvgIpc) is 3.47. The van der Waals surface area contributed by atoms with Gasteiger partial charge in [0.05, 0.1) is 7.11 Å². The molecule has 3 aromatic rings. The van der Waals surface area contributed by atoms with Crippen molar-refractivity contribution in [1.82, 2.24) is 20.4 Å². The predicted octanol–water partition coefficient (Wildman–Crippen LogP) is 3.50. The zero-order chi connectivity index (χ0) is 21.6. The fourth-order valence-corrected chi connectivity index (χ4v) is 3.36. The van der Waals surface area contributed by atoms with Gasteiger partial charge in [-0.1, -0.05) is 17.3 Å². The molecule has 1 N–H and O–H groups in total. The van der Waals surface area contributed by atoms with Gasteiger partial charge < -0.3 is 24.2 Å². The third-order valence-corrected chi connectivity index (χ3v) is 5.10. The van der Waals surface area contributed by atoms with E-state index in [0.717, 1.165) is 17.7 Å². The van der Waals surface area contributed by atoms with Crippen LogP contribution in [0.3, 0.4) is 0 Å². The lowest BCUT2D eigenvalue weighted by molar-refractivity contribution is 0.207. The molecule has 1 saturated heterocycles. The standard InChI is InChI=1S/C22H23FN4O4/c1-29-18-6-2-15(3-7-18)12-24-22(28)27-11-10-16(13-27)21-25-20(31-26-21)14-30-19-8-4-17(23)5-9-19/h2-9,16H,10-14H2,1H3,(H,24,28). The maximum absolute atomic E-state index is 12.9. The normalized spacial score (nSPS) is 15.7. The van der Waals surface area contributed by atoms with E-state index in [2.05, 4.69) is 15.5 Å². The van der Waals surface area contributed by atoms with Crippen LogP contribution in [0.2, 0.25) is 0 Å². The number of benzene rings is 2. The van der Waals surface area contributed by atoms with Gasteiger partial charge >= 0.3 is 6.03 Å². The van der Waals surface area contributed by atoms with E-state index >= 15 is 0 Å². The number of likely N-dealkylation sites (tertiary alicyclic amines) is 1. The Hall–Kier alpha value is -3.62. The number of halogens is 1. The molecule has 0 bridgehead atoms. The summed E-state index contributed by atoms with van der Waals surface area (Å²) in [7, 11) is 1.62. The molecule has 2 heterocycles. The molecule has 31 heavy (non-hydrogen) atoms.